The van der Waals surface area contributed by atoms with Gasteiger partial charge in [0.25, 0.3) is 5.91 Å². The van der Waals surface area contributed by atoms with Gasteiger partial charge >= 0.3 is 0 Å². The number of aromatic nitrogens is 2. The standard InChI is InChI=1S/C23H28N4O2/c1-14-4-9-20(23(14,2)3)26-21-18(22(24)29)11-25-27-12-17(10-19(21)27)16-7-5-15(13-28)6-8-16/h5-8,10-12,14,20,26,28H,4,9,13H2,1-3H3,(H2,24,29)/t14?,20-/m1/s1. The van der Waals surface area contributed by atoms with Gasteiger partial charge in [0.2, 0.25) is 0 Å². The van der Waals surface area contributed by atoms with Crippen molar-refractivity contribution in [2.24, 2.45) is 17.1 Å². The molecule has 4 rings (SSSR count). The first kappa shape index (κ1) is 19.5. The van der Waals surface area contributed by atoms with Gasteiger partial charge in [-0.25, -0.2) is 4.52 Å². The largest absolute Gasteiger partial charge is 0.392 e. The van der Waals surface area contributed by atoms with Crippen LogP contribution in [0.15, 0.2) is 42.7 Å². The van der Waals surface area contributed by atoms with Crippen molar-refractivity contribution in [2.75, 3.05) is 5.32 Å². The quantitative estimate of drug-likeness (QED) is 0.615. The van der Waals surface area contributed by atoms with E-state index in [1.165, 1.54) is 0 Å². The number of benzene rings is 1. The van der Waals surface area contributed by atoms with E-state index < -0.39 is 5.91 Å². The third-order valence-electron chi connectivity index (χ3n) is 6.75. The predicted octanol–water partition coefficient (Wildman–Crippen LogP) is 3.83. The maximum absolute atomic E-state index is 12.1. The summed E-state index contributed by atoms with van der Waals surface area (Å²) in [4.78, 5) is 12.1. The minimum Gasteiger partial charge on any atom is -0.392 e. The van der Waals surface area contributed by atoms with Crippen molar-refractivity contribution < 1.29 is 9.90 Å². The highest BCUT2D eigenvalue weighted by Crippen LogP contribution is 2.44. The van der Waals surface area contributed by atoms with Crippen LogP contribution in [-0.2, 0) is 6.61 Å². The Kier molecular flexibility index (Phi) is 4.82. The third-order valence-corrected chi connectivity index (χ3v) is 6.75. The Morgan fingerprint density at radius 2 is 2.00 bits per heavy atom. The zero-order valence-corrected chi connectivity index (χ0v) is 17.1. The van der Waals surface area contributed by atoms with Gasteiger partial charge in [0.05, 0.1) is 29.6 Å². The molecule has 0 radical (unpaired) electrons. The van der Waals surface area contributed by atoms with Crippen LogP contribution in [0.25, 0.3) is 16.6 Å². The summed E-state index contributed by atoms with van der Waals surface area (Å²) in [5.74, 6) is 0.115. The van der Waals surface area contributed by atoms with Gasteiger partial charge in [0.15, 0.2) is 0 Å². The van der Waals surface area contributed by atoms with Gasteiger partial charge in [-0.2, -0.15) is 5.10 Å². The lowest BCUT2D eigenvalue weighted by atomic mass is 9.80. The molecule has 29 heavy (non-hydrogen) atoms. The van der Waals surface area contributed by atoms with E-state index >= 15 is 0 Å². The highest BCUT2D eigenvalue weighted by atomic mass is 16.3. The van der Waals surface area contributed by atoms with E-state index in [1.807, 2.05) is 36.5 Å². The Balaban J connectivity index is 1.79. The second-order valence-corrected chi connectivity index (χ2v) is 8.71. The molecular formula is C23H28N4O2. The second kappa shape index (κ2) is 7.19. The molecule has 1 amide bonds. The molecule has 2 aromatic heterocycles. The van der Waals surface area contributed by atoms with E-state index in [2.05, 4.69) is 31.2 Å². The maximum Gasteiger partial charge on any atom is 0.252 e. The average Bonchev–Trinajstić information content (AvgIpc) is 3.24. The van der Waals surface area contributed by atoms with Gasteiger partial charge in [-0.1, -0.05) is 45.0 Å². The smallest absolute Gasteiger partial charge is 0.252 e. The van der Waals surface area contributed by atoms with E-state index in [9.17, 15) is 9.90 Å². The number of carbonyl (C=O) groups excluding carboxylic acids is 1. The molecule has 1 aromatic carbocycles. The minimum absolute atomic E-state index is 0.0191. The van der Waals surface area contributed by atoms with Crippen molar-refractivity contribution in [3.05, 3.63) is 53.9 Å². The molecule has 1 saturated carbocycles. The molecule has 152 valence electrons. The number of aliphatic hydroxyl groups excluding tert-OH is 1. The van der Waals surface area contributed by atoms with E-state index in [-0.39, 0.29) is 18.1 Å². The highest BCUT2D eigenvalue weighted by Gasteiger charge is 2.41. The predicted molar refractivity (Wildman–Crippen MR) is 115 cm³/mol. The first-order chi connectivity index (χ1) is 13.8. The Hall–Kier alpha value is -2.86. The minimum atomic E-state index is -0.485. The number of hydrogen-bond acceptors (Lipinski definition) is 4. The van der Waals surface area contributed by atoms with Crippen LogP contribution in [0.4, 0.5) is 5.69 Å². The van der Waals surface area contributed by atoms with Crippen LogP contribution in [0.1, 0.15) is 49.5 Å². The Morgan fingerprint density at radius 1 is 1.28 bits per heavy atom. The Morgan fingerprint density at radius 3 is 2.59 bits per heavy atom. The van der Waals surface area contributed by atoms with Gasteiger partial charge < -0.3 is 16.2 Å². The van der Waals surface area contributed by atoms with Crippen molar-refractivity contribution in [3.63, 3.8) is 0 Å². The molecule has 0 aliphatic heterocycles. The number of nitrogens with one attached hydrogen (secondary N) is 1. The summed E-state index contributed by atoms with van der Waals surface area (Å²) in [5, 5.41) is 17.3. The van der Waals surface area contributed by atoms with Gasteiger partial charge in [-0.15, -0.1) is 0 Å². The van der Waals surface area contributed by atoms with Crippen molar-refractivity contribution in [1.82, 2.24) is 9.61 Å². The molecule has 0 bridgehead atoms. The number of aliphatic hydroxyl groups is 1. The lowest BCUT2D eigenvalue weighted by Crippen LogP contribution is -2.35. The number of primary amides is 1. The molecule has 2 atom stereocenters. The van der Waals surface area contributed by atoms with Crippen molar-refractivity contribution >= 4 is 17.1 Å². The topological polar surface area (TPSA) is 92.6 Å². The van der Waals surface area contributed by atoms with Gasteiger partial charge in [-0.3, -0.25) is 4.79 Å². The second-order valence-electron chi connectivity index (χ2n) is 8.71. The first-order valence-corrected chi connectivity index (χ1v) is 10.1. The molecule has 1 aliphatic carbocycles. The fourth-order valence-corrected chi connectivity index (χ4v) is 4.29. The summed E-state index contributed by atoms with van der Waals surface area (Å²) < 4.78 is 1.79. The van der Waals surface area contributed by atoms with Crippen LogP contribution in [0.5, 0.6) is 0 Å². The summed E-state index contributed by atoms with van der Waals surface area (Å²) in [5.41, 5.74) is 10.7. The van der Waals surface area contributed by atoms with E-state index in [0.29, 0.717) is 11.5 Å². The summed E-state index contributed by atoms with van der Waals surface area (Å²) >= 11 is 0. The molecule has 2 heterocycles. The van der Waals surface area contributed by atoms with Crippen LogP contribution < -0.4 is 11.1 Å². The zero-order valence-electron chi connectivity index (χ0n) is 17.1. The number of fused-ring (bicyclic) bond motifs is 1. The molecule has 1 fully saturated rings. The SMILES string of the molecule is CC1CC[C@@H](Nc2c(C(N)=O)cnn3cc(-c4ccc(CO)cc4)cc23)C1(C)C. The molecule has 4 N–H and O–H groups in total. The lowest BCUT2D eigenvalue weighted by molar-refractivity contribution is 0.100. The van der Waals surface area contributed by atoms with Crippen LogP contribution in [0.2, 0.25) is 0 Å². The third kappa shape index (κ3) is 3.38. The van der Waals surface area contributed by atoms with Gasteiger partial charge in [-0.05, 0) is 41.4 Å². The van der Waals surface area contributed by atoms with Crippen molar-refractivity contribution in [1.29, 1.82) is 0 Å². The fraction of sp³-hybridized carbons (Fsp3) is 0.391. The molecule has 6 heteroatoms. The molecular weight excluding hydrogens is 364 g/mol. The molecule has 1 unspecified atom stereocenters. The van der Waals surface area contributed by atoms with E-state index in [0.717, 1.165) is 40.7 Å². The summed E-state index contributed by atoms with van der Waals surface area (Å²) in [6, 6.07) is 10.0. The molecule has 3 aromatic rings. The number of hydrogen-bond donors (Lipinski definition) is 3. The Bertz CT molecular complexity index is 1050. The van der Waals surface area contributed by atoms with Crippen molar-refractivity contribution in [3.8, 4) is 11.1 Å². The summed E-state index contributed by atoms with van der Waals surface area (Å²) in [6.07, 6.45) is 5.70. The lowest BCUT2D eigenvalue weighted by Gasteiger charge is -2.33. The number of anilines is 1. The van der Waals surface area contributed by atoms with Crippen molar-refractivity contribution in [2.45, 2.75) is 46.3 Å². The van der Waals surface area contributed by atoms with Crippen LogP contribution in [0, 0.1) is 11.3 Å². The number of nitrogens with two attached hydrogens (primary N) is 1. The highest BCUT2D eigenvalue weighted by molar-refractivity contribution is 6.02. The monoisotopic (exact) mass is 392 g/mol. The number of amides is 1. The number of carbonyl (C=O) groups is 1. The van der Waals surface area contributed by atoms with Crippen LogP contribution >= 0.6 is 0 Å². The van der Waals surface area contributed by atoms with Gasteiger partial charge in [0, 0.05) is 17.8 Å². The zero-order chi connectivity index (χ0) is 20.8. The maximum atomic E-state index is 12.1. The molecule has 6 nitrogen and oxygen atoms in total. The van der Waals surface area contributed by atoms with E-state index in [4.69, 9.17) is 5.73 Å². The normalized spacial score (nSPS) is 20.8. The van der Waals surface area contributed by atoms with Crippen LogP contribution in [0.3, 0.4) is 0 Å². The summed E-state index contributed by atoms with van der Waals surface area (Å²) in [7, 11) is 0. The molecule has 0 saturated heterocycles. The summed E-state index contributed by atoms with van der Waals surface area (Å²) in [6.45, 7) is 6.85. The van der Waals surface area contributed by atoms with E-state index in [1.54, 1.807) is 10.7 Å². The van der Waals surface area contributed by atoms with Crippen LogP contribution in [-0.4, -0.2) is 26.7 Å². The first-order valence-electron chi connectivity index (χ1n) is 10.1. The number of nitrogens with zero attached hydrogens (tertiary/aromatic N) is 2. The molecule has 0 spiro atoms. The number of rotatable bonds is 5. The Labute approximate surface area is 170 Å². The fourth-order valence-electron chi connectivity index (χ4n) is 4.29. The molecule has 1 aliphatic rings. The van der Waals surface area contributed by atoms with Gasteiger partial charge in [0.1, 0.15) is 0 Å². The average molecular weight is 393 g/mol.